The number of carbonyl (C=O) groups excluding carboxylic acids is 2. The largest absolute Gasteiger partial charge is 0.337 e. The topological polar surface area (TPSA) is 74.8 Å². The molecule has 0 unspecified atom stereocenters. The molecule has 0 spiro atoms. The van der Waals surface area contributed by atoms with Gasteiger partial charge in [0.25, 0.3) is 0 Å². The van der Waals surface area contributed by atoms with Crippen molar-refractivity contribution in [1.29, 1.82) is 0 Å². The van der Waals surface area contributed by atoms with E-state index in [0.717, 1.165) is 55.7 Å². The van der Waals surface area contributed by atoms with Crippen molar-refractivity contribution >= 4 is 33.1 Å². The number of hydrogen-bond acceptors (Lipinski definition) is 5. The zero-order valence-corrected chi connectivity index (χ0v) is 21.7. The van der Waals surface area contributed by atoms with Gasteiger partial charge in [-0.25, -0.2) is 8.42 Å². The highest BCUT2D eigenvalue weighted by Gasteiger charge is 2.33. The predicted molar refractivity (Wildman–Crippen MR) is 132 cm³/mol. The molecule has 1 saturated heterocycles. The van der Waals surface area contributed by atoms with Gasteiger partial charge < -0.3 is 4.90 Å². The highest BCUT2D eigenvalue weighted by Crippen LogP contribution is 2.29. The number of Topliss-reactive ketones (excluding diaryl/α,β-unsaturated/α-hetero) is 1. The van der Waals surface area contributed by atoms with Crippen LogP contribution in [0.2, 0.25) is 5.02 Å². The lowest BCUT2D eigenvalue weighted by molar-refractivity contribution is -0.140. The molecule has 0 aromatic heterocycles. The Morgan fingerprint density at radius 3 is 2.42 bits per heavy atom. The Balaban J connectivity index is 1.59. The van der Waals surface area contributed by atoms with Crippen LogP contribution in [0.3, 0.4) is 0 Å². The Bertz CT molecular complexity index is 973. The van der Waals surface area contributed by atoms with Crippen LogP contribution in [0.25, 0.3) is 0 Å². The number of nitrogens with zero attached hydrogens (tertiary/aromatic N) is 2. The molecule has 1 aliphatic heterocycles. The van der Waals surface area contributed by atoms with E-state index < -0.39 is 9.84 Å². The molecule has 33 heavy (non-hydrogen) atoms. The zero-order chi connectivity index (χ0) is 24.2. The maximum atomic E-state index is 12.9. The van der Waals surface area contributed by atoms with Crippen LogP contribution in [0.15, 0.2) is 12.1 Å². The number of rotatable bonds is 9. The number of carbonyl (C=O) groups is 2. The van der Waals surface area contributed by atoms with Gasteiger partial charge in [0.1, 0.15) is 15.6 Å². The van der Waals surface area contributed by atoms with E-state index in [-0.39, 0.29) is 36.3 Å². The first-order valence-corrected chi connectivity index (χ1v) is 14.5. The van der Waals surface area contributed by atoms with Crippen LogP contribution in [0, 0.1) is 12.8 Å². The molecule has 1 aromatic carbocycles. The Labute approximate surface area is 203 Å². The van der Waals surface area contributed by atoms with Gasteiger partial charge in [0.2, 0.25) is 5.91 Å². The van der Waals surface area contributed by atoms with E-state index in [2.05, 4.69) is 16.7 Å². The molecule has 2 fully saturated rings. The lowest BCUT2D eigenvalue weighted by Crippen LogP contribution is -2.54. The van der Waals surface area contributed by atoms with Crippen molar-refractivity contribution in [3.63, 3.8) is 0 Å². The van der Waals surface area contributed by atoms with Crippen molar-refractivity contribution in [2.75, 3.05) is 31.6 Å². The third-order valence-corrected chi connectivity index (χ3v) is 8.29. The van der Waals surface area contributed by atoms with Crippen LogP contribution >= 0.6 is 11.6 Å². The summed E-state index contributed by atoms with van der Waals surface area (Å²) >= 11 is 6.39. The molecule has 0 bridgehead atoms. The van der Waals surface area contributed by atoms with Crippen molar-refractivity contribution < 1.29 is 18.0 Å². The fourth-order valence-corrected chi connectivity index (χ4v) is 6.06. The van der Waals surface area contributed by atoms with Crippen molar-refractivity contribution in [2.45, 2.75) is 71.4 Å². The van der Waals surface area contributed by atoms with Gasteiger partial charge in [0.05, 0.1) is 5.75 Å². The van der Waals surface area contributed by atoms with E-state index in [4.69, 9.17) is 11.6 Å². The summed E-state index contributed by atoms with van der Waals surface area (Å²) in [5, 5.41) is 0.609. The number of hydrogen-bond donors (Lipinski definition) is 0. The van der Waals surface area contributed by atoms with E-state index in [1.165, 1.54) is 19.1 Å². The molecule has 8 heteroatoms. The van der Waals surface area contributed by atoms with Crippen molar-refractivity contribution in [1.82, 2.24) is 9.80 Å². The lowest BCUT2D eigenvalue weighted by Gasteiger charge is -2.41. The van der Waals surface area contributed by atoms with Crippen molar-refractivity contribution in [3.05, 3.63) is 33.8 Å². The minimum Gasteiger partial charge on any atom is -0.337 e. The fraction of sp³-hybridized carbons (Fsp3) is 0.680. The molecule has 0 N–H and O–H groups in total. The molecule has 2 aliphatic rings. The first kappa shape index (κ1) is 26.2. The third-order valence-electron chi connectivity index (χ3n) is 7.04. The lowest BCUT2D eigenvalue weighted by atomic mass is 9.96. The highest BCUT2D eigenvalue weighted by molar-refractivity contribution is 7.90. The molecule has 3 rings (SSSR count). The zero-order valence-electron chi connectivity index (χ0n) is 20.1. The second-order valence-corrected chi connectivity index (χ2v) is 12.6. The van der Waals surface area contributed by atoms with E-state index in [9.17, 15) is 18.0 Å². The second kappa shape index (κ2) is 11.3. The van der Waals surface area contributed by atoms with E-state index >= 15 is 0 Å². The summed E-state index contributed by atoms with van der Waals surface area (Å²) in [5.74, 6) is 0.607. The average molecular weight is 497 g/mol. The van der Waals surface area contributed by atoms with Crippen LogP contribution in [-0.2, 0) is 32.4 Å². The summed E-state index contributed by atoms with van der Waals surface area (Å²) in [6.07, 6.45) is 6.46. The number of sulfone groups is 1. The van der Waals surface area contributed by atoms with Gasteiger partial charge in [0.15, 0.2) is 0 Å². The SMILES string of the molecule is Cc1c(CC(=O)CCCS(C)(=O)=O)cc(Cl)cc1CN1CCN(C(=O)C2CCCC2)[C@@H](C)C1. The van der Waals surface area contributed by atoms with Gasteiger partial charge in [-0.2, -0.15) is 0 Å². The second-order valence-electron chi connectivity index (χ2n) is 9.90. The normalized spacial score (nSPS) is 20.4. The first-order valence-electron chi connectivity index (χ1n) is 12.0. The number of halogens is 1. The maximum absolute atomic E-state index is 12.9. The summed E-state index contributed by atoms with van der Waals surface area (Å²) in [5.41, 5.74) is 3.07. The Morgan fingerprint density at radius 1 is 1.12 bits per heavy atom. The molecule has 1 amide bonds. The van der Waals surface area contributed by atoms with Crippen molar-refractivity contribution in [2.24, 2.45) is 5.92 Å². The third kappa shape index (κ3) is 7.52. The maximum Gasteiger partial charge on any atom is 0.226 e. The predicted octanol–water partition coefficient (Wildman–Crippen LogP) is 3.81. The number of piperazine rings is 1. The van der Waals surface area contributed by atoms with Gasteiger partial charge in [-0.05, 0) is 61.9 Å². The van der Waals surface area contributed by atoms with Crippen molar-refractivity contribution in [3.8, 4) is 0 Å². The van der Waals surface area contributed by atoms with Crippen LogP contribution in [0.4, 0.5) is 0 Å². The molecule has 1 aromatic rings. The fourth-order valence-electron chi connectivity index (χ4n) is 5.13. The molecule has 184 valence electrons. The summed E-state index contributed by atoms with van der Waals surface area (Å²) < 4.78 is 22.6. The van der Waals surface area contributed by atoms with Gasteiger partial charge in [0, 0.05) is 62.3 Å². The Hall–Kier alpha value is -1.44. The Morgan fingerprint density at radius 2 is 1.79 bits per heavy atom. The van der Waals surface area contributed by atoms with Gasteiger partial charge in [-0.15, -0.1) is 0 Å². The summed E-state index contributed by atoms with van der Waals surface area (Å²) in [6, 6.07) is 3.99. The minimum atomic E-state index is -3.05. The molecular weight excluding hydrogens is 460 g/mol. The number of amides is 1. The van der Waals surface area contributed by atoms with Crippen LogP contribution in [0.1, 0.15) is 62.1 Å². The molecule has 1 atom stereocenters. The molecule has 1 aliphatic carbocycles. The standard InChI is InChI=1S/C25H37ClN2O4S/c1-18-16-27(10-11-28(18)25(30)20-7-4-5-8-20)17-22-14-23(26)13-21(19(22)2)15-24(29)9-6-12-33(3,31)32/h13-14,18,20H,4-12,15-17H2,1-3H3/t18-/m0/s1. The molecular formula is C25H37ClN2O4S. The summed E-state index contributed by atoms with van der Waals surface area (Å²) in [7, 11) is -3.05. The molecule has 6 nitrogen and oxygen atoms in total. The number of benzene rings is 1. The number of ketones is 1. The molecule has 1 saturated carbocycles. The smallest absolute Gasteiger partial charge is 0.226 e. The molecule has 0 radical (unpaired) electrons. The van der Waals surface area contributed by atoms with Crippen LogP contribution in [-0.4, -0.2) is 67.6 Å². The van der Waals surface area contributed by atoms with Gasteiger partial charge in [-0.1, -0.05) is 24.4 Å². The summed E-state index contributed by atoms with van der Waals surface area (Å²) in [6.45, 7) is 7.29. The monoisotopic (exact) mass is 496 g/mol. The van der Waals surface area contributed by atoms with Crippen LogP contribution in [0.5, 0.6) is 0 Å². The quantitative estimate of drug-likeness (QED) is 0.519. The highest BCUT2D eigenvalue weighted by atomic mass is 35.5. The molecule has 1 heterocycles. The van der Waals surface area contributed by atoms with E-state index in [1.54, 1.807) is 0 Å². The first-order chi connectivity index (χ1) is 15.5. The van der Waals surface area contributed by atoms with E-state index in [0.29, 0.717) is 17.4 Å². The van der Waals surface area contributed by atoms with Gasteiger partial charge in [-0.3, -0.25) is 14.5 Å². The van der Waals surface area contributed by atoms with Gasteiger partial charge >= 0.3 is 0 Å². The minimum absolute atomic E-state index is 0.0302. The van der Waals surface area contributed by atoms with Crippen LogP contribution < -0.4 is 0 Å². The van der Waals surface area contributed by atoms with E-state index in [1.807, 2.05) is 19.1 Å². The average Bonchev–Trinajstić information content (AvgIpc) is 3.25. The summed E-state index contributed by atoms with van der Waals surface area (Å²) in [4.78, 5) is 29.7. The Kier molecular flexibility index (Phi) is 8.98.